The van der Waals surface area contributed by atoms with Crippen LogP contribution in [0.15, 0.2) is 44.3 Å². The number of carbonyl (C=O) groups is 1. The van der Waals surface area contributed by atoms with Gasteiger partial charge in [-0.1, -0.05) is 11.3 Å². The zero-order valence-electron chi connectivity index (χ0n) is 13.4. The van der Waals surface area contributed by atoms with Crippen LogP contribution in [-0.4, -0.2) is 36.7 Å². The number of hydrogen-bond acceptors (Lipinski definition) is 6. The van der Waals surface area contributed by atoms with E-state index in [9.17, 15) is 13.2 Å². The number of furan rings is 1. The zero-order chi connectivity index (χ0) is 18.3. The standard InChI is InChI=1S/C16H14BrN3O4S2/c17-14-6-5-12(24-14)15(21)19-16-18-11-4-3-10(9-13(11)25-16)26(22,23)20-7-1-2-8-20/h3-6,9H,1-2,7-8H2,(H,18,19,21). The molecule has 0 spiro atoms. The lowest BCUT2D eigenvalue weighted by molar-refractivity contribution is 0.0995. The van der Waals surface area contributed by atoms with Crippen LogP contribution in [0.3, 0.4) is 0 Å². The van der Waals surface area contributed by atoms with Crippen molar-refractivity contribution in [3.05, 3.63) is 40.8 Å². The summed E-state index contributed by atoms with van der Waals surface area (Å²) >= 11 is 4.37. The fourth-order valence-electron chi connectivity index (χ4n) is 2.79. The molecule has 0 aliphatic carbocycles. The maximum Gasteiger partial charge on any atom is 0.293 e. The van der Waals surface area contributed by atoms with Gasteiger partial charge in [0.25, 0.3) is 5.91 Å². The van der Waals surface area contributed by atoms with E-state index < -0.39 is 15.9 Å². The highest BCUT2D eigenvalue weighted by Crippen LogP contribution is 2.30. The average Bonchev–Trinajstić information content (AvgIpc) is 3.34. The fraction of sp³-hybridized carbons (Fsp3) is 0.250. The third-order valence-corrected chi connectivity index (χ3v) is 7.33. The Morgan fingerprint density at radius 1 is 1.23 bits per heavy atom. The number of sulfonamides is 1. The Bertz CT molecular complexity index is 1080. The summed E-state index contributed by atoms with van der Waals surface area (Å²) in [7, 11) is -3.48. The quantitative estimate of drug-likeness (QED) is 0.647. The van der Waals surface area contributed by atoms with E-state index in [1.165, 1.54) is 15.6 Å². The highest BCUT2D eigenvalue weighted by atomic mass is 79.9. The van der Waals surface area contributed by atoms with E-state index in [4.69, 9.17) is 4.42 Å². The minimum atomic E-state index is -3.48. The maximum atomic E-state index is 12.7. The first kappa shape index (κ1) is 17.7. The summed E-state index contributed by atoms with van der Waals surface area (Å²) in [5.41, 5.74) is 0.631. The Morgan fingerprint density at radius 3 is 2.69 bits per heavy atom. The van der Waals surface area contributed by atoms with E-state index in [2.05, 4.69) is 26.2 Å². The van der Waals surface area contributed by atoms with Gasteiger partial charge in [-0.25, -0.2) is 13.4 Å². The first-order valence-electron chi connectivity index (χ1n) is 7.91. The van der Waals surface area contributed by atoms with Gasteiger partial charge in [0.2, 0.25) is 10.0 Å². The molecule has 1 aromatic carbocycles. The largest absolute Gasteiger partial charge is 0.444 e. The molecular weight excluding hydrogens is 442 g/mol. The van der Waals surface area contributed by atoms with Gasteiger partial charge in [0, 0.05) is 13.1 Å². The molecular formula is C16H14BrN3O4S2. The number of nitrogens with zero attached hydrogens (tertiary/aromatic N) is 2. The van der Waals surface area contributed by atoms with Crippen LogP contribution in [0.4, 0.5) is 5.13 Å². The highest BCUT2D eigenvalue weighted by molar-refractivity contribution is 9.10. The third kappa shape index (κ3) is 3.29. The second-order valence-electron chi connectivity index (χ2n) is 5.82. The van der Waals surface area contributed by atoms with Gasteiger partial charge in [-0.15, -0.1) is 0 Å². The number of aromatic nitrogens is 1. The van der Waals surface area contributed by atoms with Crippen molar-refractivity contribution in [1.82, 2.24) is 9.29 Å². The van der Waals surface area contributed by atoms with E-state index >= 15 is 0 Å². The zero-order valence-corrected chi connectivity index (χ0v) is 16.7. The van der Waals surface area contributed by atoms with Crippen molar-refractivity contribution >= 4 is 58.5 Å². The molecule has 0 saturated carbocycles. The van der Waals surface area contributed by atoms with Crippen LogP contribution in [0.5, 0.6) is 0 Å². The number of fused-ring (bicyclic) bond motifs is 1. The monoisotopic (exact) mass is 455 g/mol. The van der Waals surface area contributed by atoms with Gasteiger partial charge in [-0.2, -0.15) is 4.31 Å². The first-order valence-corrected chi connectivity index (χ1v) is 11.0. The molecule has 1 N–H and O–H groups in total. The van der Waals surface area contributed by atoms with Crippen molar-refractivity contribution < 1.29 is 17.6 Å². The molecule has 1 aliphatic heterocycles. The molecule has 4 rings (SSSR count). The molecule has 1 saturated heterocycles. The van der Waals surface area contributed by atoms with Crippen LogP contribution in [0.1, 0.15) is 23.4 Å². The third-order valence-electron chi connectivity index (χ3n) is 4.08. The maximum absolute atomic E-state index is 12.7. The van der Waals surface area contributed by atoms with Crippen LogP contribution in [0.2, 0.25) is 0 Å². The van der Waals surface area contributed by atoms with Gasteiger partial charge < -0.3 is 4.42 Å². The molecule has 3 heterocycles. The second kappa shape index (κ2) is 6.76. The minimum absolute atomic E-state index is 0.161. The van der Waals surface area contributed by atoms with Crippen molar-refractivity contribution in [1.29, 1.82) is 0 Å². The summed E-state index contributed by atoms with van der Waals surface area (Å²) in [6, 6.07) is 8.01. The summed E-state index contributed by atoms with van der Waals surface area (Å²) in [4.78, 5) is 16.7. The smallest absolute Gasteiger partial charge is 0.293 e. The number of amides is 1. The Morgan fingerprint density at radius 2 is 2.00 bits per heavy atom. The number of carbonyl (C=O) groups excluding carboxylic acids is 1. The van der Waals surface area contributed by atoms with Gasteiger partial charge in [0.1, 0.15) is 0 Å². The number of anilines is 1. The number of nitrogens with one attached hydrogen (secondary N) is 1. The van der Waals surface area contributed by atoms with Crippen molar-refractivity contribution in [3.63, 3.8) is 0 Å². The van der Waals surface area contributed by atoms with E-state index in [0.717, 1.165) is 12.8 Å². The topological polar surface area (TPSA) is 92.5 Å². The normalized spacial score (nSPS) is 15.6. The molecule has 136 valence electrons. The second-order valence-corrected chi connectivity index (χ2v) is 9.57. The number of halogens is 1. The van der Waals surface area contributed by atoms with Gasteiger partial charge in [0.15, 0.2) is 15.6 Å². The number of hydrogen-bond donors (Lipinski definition) is 1. The Kier molecular flexibility index (Phi) is 4.59. The molecule has 0 bridgehead atoms. The SMILES string of the molecule is O=C(Nc1nc2ccc(S(=O)(=O)N3CCCC3)cc2s1)c1ccc(Br)o1. The predicted octanol–water partition coefficient (Wildman–Crippen LogP) is 3.69. The van der Waals surface area contributed by atoms with Crippen molar-refractivity contribution in [2.75, 3.05) is 18.4 Å². The van der Waals surface area contributed by atoms with E-state index in [-0.39, 0.29) is 10.7 Å². The molecule has 3 aromatic rings. The van der Waals surface area contributed by atoms with Crippen LogP contribution in [0, 0.1) is 0 Å². The predicted molar refractivity (Wildman–Crippen MR) is 102 cm³/mol. The van der Waals surface area contributed by atoms with Gasteiger partial charge in [-0.05, 0) is 59.1 Å². The summed E-state index contributed by atoms with van der Waals surface area (Å²) in [6.07, 6.45) is 1.78. The van der Waals surface area contributed by atoms with Crippen LogP contribution in [-0.2, 0) is 10.0 Å². The van der Waals surface area contributed by atoms with Crippen molar-refractivity contribution in [2.24, 2.45) is 0 Å². The van der Waals surface area contributed by atoms with E-state index in [0.29, 0.717) is 33.1 Å². The highest BCUT2D eigenvalue weighted by Gasteiger charge is 2.27. The summed E-state index contributed by atoms with van der Waals surface area (Å²) in [6.45, 7) is 1.12. The molecule has 1 aliphatic rings. The summed E-state index contributed by atoms with van der Waals surface area (Å²) in [5, 5.41) is 3.05. The minimum Gasteiger partial charge on any atom is -0.444 e. The lowest BCUT2D eigenvalue weighted by Gasteiger charge is -2.15. The lowest BCUT2D eigenvalue weighted by Crippen LogP contribution is -2.27. The van der Waals surface area contributed by atoms with Crippen molar-refractivity contribution in [3.8, 4) is 0 Å². The number of rotatable bonds is 4. The first-order chi connectivity index (χ1) is 12.4. The average molecular weight is 456 g/mol. The van der Waals surface area contributed by atoms with Gasteiger partial charge >= 0.3 is 0 Å². The van der Waals surface area contributed by atoms with Crippen LogP contribution in [0.25, 0.3) is 10.2 Å². The summed E-state index contributed by atoms with van der Waals surface area (Å²) in [5.74, 6) is -0.256. The molecule has 0 unspecified atom stereocenters. The molecule has 2 aromatic heterocycles. The molecule has 0 atom stereocenters. The van der Waals surface area contributed by atoms with Gasteiger partial charge in [0.05, 0.1) is 15.1 Å². The summed E-state index contributed by atoms with van der Waals surface area (Å²) < 4.78 is 33.2. The van der Waals surface area contributed by atoms with Crippen molar-refractivity contribution in [2.45, 2.75) is 17.7 Å². The Balaban J connectivity index is 1.60. The number of thiazole rings is 1. The molecule has 1 amide bonds. The lowest BCUT2D eigenvalue weighted by atomic mass is 10.3. The van der Waals surface area contributed by atoms with E-state index in [1.807, 2.05) is 0 Å². The molecule has 10 heteroatoms. The Labute approximate surface area is 162 Å². The molecule has 26 heavy (non-hydrogen) atoms. The van der Waals surface area contributed by atoms with Crippen LogP contribution >= 0.6 is 27.3 Å². The van der Waals surface area contributed by atoms with E-state index in [1.54, 1.807) is 30.3 Å². The van der Waals surface area contributed by atoms with Gasteiger partial charge in [-0.3, -0.25) is 10.1 Å². The fourth-order valence-corrected chi connectivity index (χ4v) is 5.62. The number of benzene rings is 1. The van der Waals surface area contributed by atoms with Crippen LogP contribution < -0.4 is 5.32 Å². The molecule has 7 nitrogen and oxygen atoms in total. The Hall–Kier alpha value is -1.75. The molecule has 0 radical (unpaired) electrons. The molecule has 1 fully saturated rings.